The van der Waals surface area contributed by atoms with Crippen LogP contribution < -0.4 is 4.74 Å². The Morgan fingerprint density at radius 1 is 1.21 bits per heavy atom. The van der Waals surface area contributed by atoms with E-state index in [9.17, 15) is 14.4 Å². The third-order valence-electron chi connectivity index (χ3n) is 3.55. The van der Waals surface area contributed by atoms with Crippen LogP contribution in [0.5, 0.6) is 5.75 Å². The molecule has 6 heteroatoms. The fraction of sp³-hybridized carbons (Fsp3) is 0.500. The van der Waals surface area contributed by atoms with Crippen molar-refractivity contribution < 1.29 is 24.2 Å². The number of ether oxygens (including phenoxy) is 1. The van der Waals surface area contributed by atoms with E-state index in [4.69, 9.17) is 9.84 Å². The molecular weight excluding hydrogens is 310 g/mol. The number of aliphatic carboxylic acids is 1. The number of ketones is 1. The predicted molar refractivity (Wildman–Crippen MR) is 90.3 cm³/mol. The van der Waals surface area contributed by atoms with E-state index in [1.165, 1.54) is 6.92 Å². The van der Waals surface area contributed by atoms with E-state index in [0.717, 1.165) is 0 Å². The van der Waals surface area contributed by atoms with E-state index < -0.39 is 5.97 Å². The fourth-order valence-electron chi connectivity index (χ4n) is 2.25. The first kappa shape index (κ1) is 19.7. The average molecular weight is 335 g/mol. The van der Waals surface area contributed by atoms with Gasteiger partial charge in [0.15, 0.2) is 5.78 Å². The summed E-state index contributed by atoms with van der Waals surface area (Å²) in [7, 11) is 0. The van der Waals surface area contributed by atoms with Crippen molar-refractivity contribution >= 4 is 17.7 Å². The molecule has 1 amide bonds. The van der Waals surface area contributed by atoms with Gasteiger partial charge in [0, 0.05) is 24.6 Å². The number of Topliss-reactive ketones (excluding diaryl/α,β-unsaturated/α-hetero) is 1. The number of hydrogen-bond donors (Lipinski definition) is 1. The first-order chi connectivity index (χ1) is 11.3. The van der Waals surface area contributed by atoms with Crippen molar-refractivity contribution in [3.63, 3.8) is 0 Å². The third-order valence-corrected chi connectivity index (χ3v) is 3.55. The normalized spacial score (nSPS) is 10.5. The van der Waals surface area contributed by atoms with Crippen molar-refractivity contribution in [2.75, 3.05) is 13.2 Å². The fourth-order valence-corrected chi connectivity index (χ4v) is 2.25. The van der Waals surface area contributed by atoms with E-state index in [1.807, 2.05) is 13.8 Å². The zero-order valence-electron chi connectivity index (χ0n) is 14.4. The van der Waals surface area contributed by atoms with E-state index in [2.05, 4.69) is 0 Å². The topological polar surface area (TPSA) is 83.9 Å². The van der Waals surface area contributed by atoms with Crippen LogP contribution in [-0.4, -0.2) is 46.9 Å². The number of amides is 1. The van der Waals surface area contributed by atoms with Crippen molar-refractivity contribution in [1.82, 2.24) is 4.90 Å². The Balaban J connectivity index is 2.42. The maximum atomic E-state index is 12.2. The quantitative estimate of drug-likeness (QED) is 0.525. The van der Waals surface area contributed by atoms with Crippen LogP contribution in [0.1, 0.15) is 50.4 Å². The van der Waals surface area contributed by atoms with E-state index >= 15 is 0 Å². The summed E-state index contributed by atoms with van der Waals surface area (Å²) in [5.41, 5.74) is 0.586. The SMILES string of the molecule is CC(=O)c1cccc(OCCCC(=O)N(CCC(=O)O)C(C)C)c1. The molecule has 6 nitrogen and oxygen atoms in total. The summed E-state index contributed by atoms with van der Waals surface area (Å²) in [5.74, 6) is -0.419. The molecule has 24 heavy (non-hydrogen) atoms. The van der Waals surface area contributed by atoms with Gasteiger partial charge >= 0.3 is 5.97 Å². The molecule has 0 radical (unpaired) electrons. The smallest absolute Gasteiger partial charge is 0.305 e. The van der Waals surface area contributed by atoms with E-state index in [-0.39, 0.29) is 30.7 Å². The Morgan fingerprint density at radius 3 is 2.50 bits per heavy atom. The lowest BCUT2D eigenvalue weighted by Gasteiger charge is -2.26. The van der Waals surface area contributed by atoms with Gasteiger partial charge in [0.25, 0.3) is 0 Å². The van der Waals surface area contributed by atoms with Crippen molar-refractivity contribution in [3.8, 4) is 5.75 Å². The molecule has 1 N–H and O–H groups in total. The van der Waals surface area contributed by atoms with Crippen LogP contribution in [0.15, 0.2) is 24.3 Å². The minimum absolute atomic E-state index is 0.0263. The van der Waals surface area contributed by atoms with Gasteiger partial charge in [0.05, 0.1) is 13.0 Å². The lowest BCUT2D eigenvalue weighted by atomic mass is 10.1. The number of carbonyl (C=O) groups is 3. The molecule has 0 aliphatic rings. The minimum Gasteiger partial charge on any atom is -0.494 e. The van der Waals surface area contributed by atoms with Crippen LogP contribution in [0.25, 0.3) is 0 Å². The number of hydrogen-bond acceptors (Lipinski definition) is 4. The Morgan fingerprint density at radius 2 is 1.92 bits per heavy atom. The maximum Gasteiger partial charge on any atom is 0.305 e. The number of nitrogens with zero attached hydrogens (tertiary/aromatic N) is 1. The van der Waals surface area contributed by atoms with Crippen molar-refractivity contribution in [3.05, 3.63) is 29.8 Å². The molecule has 1 aromatic rings. The van der Waals surface area contributed by atoms with Crippen LogP contribution in [0.2, 0.25) is 0 Å². The van der Waals surface area contributed by atoms with Crippen molar-refractivity contribution in [2.45, 2.75) is 46.1 Å². The molecule has 0 unspecified atom stereocenters. The van der Waals surface area contributed by atoms with Gasteiger partial charge in [-0.05, 0) is 39.3 Å². The molecular formula is C18H25NO5. The highest BCUT2D eigenvalue weighted by Gasteiger charge is 2.17. The van der Waals surface area contributed by atoms with Gasteiger partial charge in [-0.1, -0.05) is 12.1 Å². The van der Waals surface area contributed by atoms with Crippen LogP contribution in [0.4, 0.5) is 0 Å². The molecule has 0 aliphatic carbocycles. The van der Waals surface area contributed by atoms with Gasteiger partial charge in [-0.3, -0.25) is 14.4 Å². The molecule has 0 aromatic heterocycles. The number of rotatable bonds is 10. The zero-order valence-corrected chi connectivity index (χ0v) is 14.4. The molecule has 1 rings (SSSR count). The van der Waals surface area contributed by atoms with Crippen LogP contribution >= 0.6 is 0 Å². The largest absolute Gasteiger partial charge is 0.494 e. The minimum atomic E-state index is -0.915. The molecule has 0 saturated heterocycles. The molecule has 0 saturated carbocycles. The maximum absolute atomic E-state index is 12.2. The molecule has 0 aliphatic heterocycles. The highest BCUT2D eigenvalue weighted by Crippen LogP contribution is 2.14. The second-order valence-corrected chi connectivity index (χ2v) is 5.86. The van der Waals surface area contributed by atoms with Gasteiger partial charge < -0.3 is 14.7 Å². The summed E-state index contributed by atoms with van der Waals surface area (Å²) < 4.78 is 5.57. The Hall–Kier alpha value is -2.37. The summed E-state index contributed by atoms with van der Waals surface area (Å²) >= 11 is 0. The highest BCUT2D eigenvalue weighted by atomic mass is 16.5. The molecule has 132 valence electrons. The second-order valence-electron chi connectivity index (χ2n) is 5.86. The van der Waals surface area contributed by atoms with Crippen LogP contribution in [0.3, 0.4) is 0 Å². The van der Waals surface area contributed by atoms with E-state index in [1.54, 1.807) is 29.2 Å². The summed E-state index contributed by atoms with van der Waals surface area (Å²) in [6.07, 6.45) is 0.766. The van der Waals surface area contributed by atoms with Crippen LogP contribution in [0, 0.1) is 0 Å². The molecule has 0 spiro atoms. The summed E-state index contributed by atoms with van der Waals surface area (Å²) in [4.78, 5) is 35.7. The Labute approximate surface area is 142 Å². The Bertz CT molecular complexity index is 583. The number of carboxylic acid groups (broad SMARTS) is 1. The summed E-state index contributed by atoms with van der Waals surface area (Å²) in [5, 5.41) is 8.75. The molecule has 0 bridgehead atoms. The lowest BCUT2D eigenvalue weighted by Crippen LogP contribution is -2.38. The number of benzene rings is 1. The number of carbonyl (C=O) groups excluding carboxylic acids is 2. The van der Waals surface area contributed by atoms with Gasteiger partial charge in [-0.15, -0.1) is 0 Å². The second kappa shape index (κ2) is 9.70. The zero-order chi connectivity index (χ0) is 18.1. The van der Waals surface area contributed by atoms with Crippen molar-refractivity contribution in [2.24, 2.45) is 0 Å². The van der Waals surface area contributed by atoms with Crippen molar-refractivity contribution in [1.29, 1.82) is 0 Å². The summed E-state index contributed by atoms with van der Waals surface area (Å²) in [6.45, 7) is 5.80. The highest BCUT2D eigenvalue weighted by molar-refractivity contribution is 5.94. The predicted octanol–water partition coefficient (Wildman–Crippen LogP) is 2.76. The van der Waals surface area contributed by atoms with Gasteiger partial charge in [0.1, 0.15) is 5.75 Å². The standard InChI is InChI=1S/C18H25NO5/c1-13(2)19(10-9-18(22)23)17(21)8-5-11-24-16-7-4-6-15(12-16)14(3)20/h4,6-7,12-13H,5,8-11H2,1-3H3,(H,22,23). The number of carboxylic acids is 1. The Kier molecular flexibility index (Phi) is 7.95. The monoisotopic (exact) mass is 335 g/mol. The van der Waals surface area contributed by atoms with E-state index in [0.29, 0.717) is 30.8 Å². The van der Waals surface area contributed by atoms with Crippen LogP contribution in [-0.2, 0) is 9.59 Å². The molecule has 0 fully saturated rings. The first-order valence-electron chi connectivity index (χ1n) is 8.06. The molecule has 0 heterocycles. The average Bonchev–Trinajstić information content (AvgIpc) is 2.51. The third kappa shape index (κ3) is 6.81. The van der Waals surface area contributed by atoms with Gasteiger partial charge in [-0.25, -0.2) is 0 Å². The summed E-state index contributed by atoms with van der Waals surface area (Å²) in [6, 6.07) is 6.88. The lowest BCUT2D eigenvalue weighted by molar-refractivity contribution is -0.139. The first-order valence-corrected chi connectivity index (χ1v) is 8.06. The van der Waals surface area contributed by atoms with Gasteiger partial charge in [-0.2, -0.15) is 0 Å². The molecule has 1 aromatic carbocycles. The molecule has 0 atom stereocenters. The van der Waals surface area contributed by atoms with Gasteiger partial charge in [0.2, 0.25) is 5.91 Å².